The van der Waals surface area contributed by atoms with Crippen LogP contribution in [0.4, 0.5) is 10.1 Å². The Morgan fingerprint density at radius 3 is 2.63 bits per heavy atom. The van der Waals surface area contributed by atoms with Crippen molar-refractivity contribution < 1.29 is 9.18 Å². The van der Waals surface area contributed by atoms with Gasteiger partial charge < -0.3 is 10.6 Å². The molecule has 0 radical (unpaired) electrons. The number of nitrogens with two attached hydrogens (primary N) is 1. The number of benzene rings is 1. The Labute approximate surface area is 113 Å². The van der Waals surface area contributed by atoms with Gasteiger partial charge in [0.05, 0.1) is 5.54 Å². The van der Waals surface area contributed by atoms with Gasteiger partial charge in [0.1, 0.15) is 5.82 Å². The topological polar surface area (TPSA) is 46.3 Å². The fourth-order valence-corrected chi connectivity index (χ4v) is 2.90. The molecule has 0 spiro atoms. The van der Waals surface area contributed by atoms with Gasteiger partial charge in [0.15, 0.2) is 0 Å². The predicted molar refractivity (Wildman–Crippen MR) is 74.4 cm³/mol. The number of halogens is 1. The second kappa shape index (κ2) is 5.29. The summed E-state index contributed by atoms with van der Waals surface area (Å²) >= 11 is 0. The second-order valence-electron chi connectivity index (χ2n) is 5.70. The maximum atomic E-state index is 12.9. The molecule has 2 atom stereocenters. The molecule has 0 heterocycles. The molecule has 2 N–H and O–H groups in total. The summed E-state index contributed by atoms with van der Waals surface area (Å²) in [5.74, 6) is 0.0910. The number of carbonyl (C=O) groups is 1. The number of anilines is 1. The molecule has 1 aromatic rings. The zero-order chi connectivity index (χ0) is 14.0. The minimum atomic E-state index is -0.777. The van der Waals surface area contributed by atoms with E-state index in [0.29, 0.717) is 11.6 Å². The Balaban J connectivity index is 2.16. The van der Waals surface area contributed by atoms with E-state index in [2.05, 4.69) is 6.92 Å². The van der Waals surface area contributed by atoms with Crippen LogP contribution in [0, 0.1) is 11.7 Å². The Morgan fingerprint density at radius 1 is 1.42 bits per heavy atom. The van der Waals surface area contributed by atoms with Gasteiger partial charge in [0, 0.05) is 12.7 Å². The molecule has 1 aromatic carbocycles. The van der Waals surface area contributed by atoms with E-state index in [-0.39, 0.29) is 11.7 Å². The number of hydrogen-bond donors (Lipinski definition) is 1. The smallest absolute Gasteiger partial charge is 0.246 e. The van der Waals surface area contributed by atoms with Gasteiger partial charge in [-0.05, 0) is 43.0 Å². The van der Waals surface area contributed by atoms with E-state index >= 15 is 0 Å². The van der Waals surface area contributed by atoms with E-state index in [0.717, 1.165) is 25.7 Å². The van der Waals surface area contributed by atoms with Crippen LogP contribution in [-0.2, 0) is 4.79 Å². The van der Waals surface area contributed by atoms with Crippen LogP contribution < -0.4 is 10.6 Å². The Bertz CT molecular complexity index is 460. The minimum Gasteiger partial charge on any atom is -0.317 e. The number of hydrogen-bond acceptors (Lipinski definition) is 2. The molecule has 0 aromatic heterocycles. The Hall–Kier alpha value is -1.42. The highest BCUT2D eigenvalue weighted by Gasteiger charge is 2.39. The van der Waals surface area contributed by atoms with Crippen molar-refractivity contribution in [3.05, 3.63) is 30.1 Å². The molecule has 0 aliphatic heterocycles. The molecule has 2 unspecified atom stereocenters. The van der Waals surface area contributed by atoms with Crippen molar-refractivity contribution in [2.45, 2.75) is 38.1 Å². The fraction of sp³-hybridized carbons (Fsp3) is 0.533. The summed E-state index contributed by atoms with van der Waals surface area (Å²) in [5, 5.41) is 0. The molecule has 1 saturated carbocycles. The van der Waals surface area contributed by atoms with Gasteiger partial charge in [-0.3, -0.25) is 4.79 Å². The van der Waals surface area contributed by atoms with Crippen LogP contribution in [0.5, 0.6) is 0 Å². The zero-order valence-corrected chi connectivity index (χ0v) is 11.5. The van der Waals surface area contributed by atoms with Crippen molar-refractivity contribution in [1.82, 2.24) is 0 Å². The number of amides is 1. The van der Waals surface area contributed by atoms with Gasteiger partial charge in [0.25, 0.3) is 0 Å². The van der Waals surface area contributed by atoms with Crippen LogP contribution in [0.15, 0.2) is 24.3 Å². The van der Waals surface area contributed by atoms with Crippen molar-refractivity contribution in [2.24, 2.45) is 11.7 Å². The quantitative estimate of drug-likeness (QED) is 0.892. The van der Waals surface area contributed by atoms with E-state index < -0.39 is 5.54 Å². The van der Waals surface area contributed by atoms with Gasteiger partial charge in [-0.15, -0.1) is 0 Å². The van der Waals surface area contributed by atoms with E-state index in [1.807, 2.05) is 0 Å². The monoisotopic (exact) mass is 264 g/mol. The first-order chi connectivity index (χ1) is 8.92. The van der Waals surface area contributed by atoms with E-state index in [9.17, 15) is 9.18 Å². The highest BCUT2D eigenvalue weighted by atomic mass is 19.1. The maximum Gasteiger partial charge on any atom is 0.246 e. The number of carbonyl (C=O) groups excluding carboxylic acids is 1. The Kier molecular flexibility index (Phi) is 3.90. The minimum absolute atomic E-state index is 0.0781. The first kappa shape index (κ1) is 14.0. The van der Waals surface area contributed by atoms with E-state index in [1.165, 1.54) is 17.0 Å². The summed E-state index contributed by atoms with van der Waals surface area (Å²) in [7, 11) is 1.70. The average Bonchev–Trinajstić information content (AvgIpc) is 2.37. The van der Waals surface area contributed by atoms with Gasteiger partial charge in [-0.1, -0.05) is 19.8 Å². The lowest BCUT2D eigenvalue weighted by Gasteiger charge is -2.38. The van der Waals surface area contributed by atoms with Crippen LogP contribution in [0.3, 0.4) is 0 Å². The summed E-state index contributed by atoms with van der Waals surface area (Å²) in [5.41, 5.74) is 6.19. The molecule has 2 rings (SSSR count). The third kappa shape index (κ3) is 2.95. The van der Waals surface area contributed by atoms with Crippen LogP contribution in [0.1, 0.15) is 32.6 Å². The first-order valence-electron chi connectivity index (χ1n) is 6.75. The molecule has 0 bridgehead atoms. The molecular weight excluding hydrogens is 243 g/mol. The summed E-state index contributed by atoms with van der Waals surface area (Å²) in [6, 6.07) is 5.91. The average molecular weight is 264 g/mol. The van der Waals surface area contributed by atoms with Gasteiger partial charge in [0.2, 0.25) is 5.91 Å². The van der Waals surface area contributed by atoms with Gasteiger partial charge in [-0.2, -0.15) is 0 Å². The molecule has 104 valence electrons. The summed E-state index contributed by atoms with van der Waals surface area (Å²) in [6.07, 6.45) is 3.56. The summed E-state index contributed by atoms with van der Waals surface area (Å²) < 4.78 is 12.9. The molecule has 3 nitrogen and oxygen atoms in total. The molecule has 4 heteroatoms. The van der Waals surface area contributed by atoms with Crippen molar-refractivity contribution in [3.63, 3.8) is 0 Å². The number of nitrogens with zero attached hydrogens (tertiary/aromatic N) is 1. The SMILES string of the molecule is CC1CCCC(N)(C(=O)N(C)c2ccc(F)cc2)C1. The number of likely N-dealkylation sites (N-methyl/N-ethyl adjacent to an activating group) is 1. The highest BCUT2D eigenvalue weighted by molar-refractivity contribution is 5.99. The largest absolute Gasteiger partial charge is 0.317 e. The molecule has 1 fully saturated rings. The van der Waals surface area contributed by atoms with Gasteiger partial charge in [-0.25, -0.2) is 4.39 Å². The molecule has 1 amide bonds. The predicted octanol–water partition coefficient (Wildman–Crippen LogP) is 2.70. The third-order valence-corrected chi connectivity index (χ3v) is 3.98. The Morgan fingerprint density at radius 2 is 2.05 bits per heavy atom. The van der Waals surface area contributed by atoms with Crippen molar-refractivity contribution in [3.8, 4) is 0 Å². The first-order valence-corrected chi connectivity index (χ1v) is 6.75. The van der Waals surface area contributed by atoms with Crippen molar-refractivity contribution >= 4 is 11.6 Å². The van der Waals surface area contributed by atoms with Gasteiger partial charge >= 0.3 is 0 Å². The van der Waals surface area contributed by atoms with E-state index in [1.54, 1.807) is 19.2 Å². The van der Waals surface area contributed by atoms with Crippen molar-refractivity contribution in [1.29, 1.82) is 0 Å². The number of rotatable bonds is 2. The third-order valence-electron chi connectivity index (χ3n) is 3.98. The lowest BCUT2D eigenvalue weighted by molar-refractivity contribution is -0.125. The molecule has 1 aliphatic carbocycles. The highest BCUT2D eigenvalue weighted by Crippen LogP contribution is 2.32. The lowest BCUT2D eigenvalue weighted by Crippen LogP contribution is -2.56. The second-order valence-corrected chi connectivity index (χ2v) is 5.70. The normalized spacial score (nSPS) is 27.1. The lowest BCUT2D eigenvalue weighted by atomic mass is 9.76. The van der Waals surface area contributed by atoms with Crippen LogP contribution in [0.25, 0.3) is 0 Å². The van der Waals surface area contributed by atoms with E-state index in [4.69, 9.17) is 5.73 Å². The van der Waals surface area contributed by atoms with Crippen molar-refractivity contribution in [2.75, 3.05) is 11.9 Å². The fourth-order valence-electron chi connectivity index (χ4n) is 2.90. The maximum absolute atomic E-state index is 12.9. The standard InChI is InChI=1S/C15H21FN2O/c1-11-4-3-9-15(17,10-11)14(19)18(2)13-7-5-12(16)6-8-13/h5-8,11H,3-4,9-10,17H2,1-2H3. The zero-order valence-electron chi connectivity index (χ0n) is 11.5. The molecule has 0 saturated heterocycles. The van der Waals surface area contributed by atoms with Crippen LogP contribution in [-0.4, -0.2) is 18.5 Å². The summed E-state index contributed by atoms with van der Waals surface area (Å²) in [6.45, 7) is 2.13. The van der Waals surface area contributed by atoms with Crippen LogP contribution in [0.2, 0.25) is 0 Å². The molecular formula is C15H21FN2O. The molecule has 19 heavy (non-hydrogen) atoms. The molecule has 1 aliphatic rings. The summed E-state index contributed by atoms with van der Waals surface area (Å²) in [4.78, 5) is 14.1. The van der Waals surface area contributed by atoms with Crippen LogP contribution >= 0.6 is 0 Å².